The summed E-state index contributed by atoms with van der Waals surface area (Å²) < 4.78 is 5.44. The highest BCUT2D eigenvalue weighted by atomic mass is 79.9. The average molecular weight is 297 g/mol. The Bertz CT molecular complexity index is 407. The van der Waals surface area contributed by atoms with E-state index in [1.54, 1.807) is 0 Å². The number of halogens is 1. The summed E-state index contributed by atoms with van der Waals surface area (Å²) >= 11 is 3.74. The topological polar surface area (TPSA) is 26.3 Å². The molecule has 1 unspecified atom stereocenters. The average Bonchev–Trinajstić information content (AvgIpc) is 2.24. The lowest BCUT2D eigenvalue weighted by Crippen LogP contribution is -2.39. The van der Waals surface area contributed by atoms with Gasteiger partial charge in [0.05, 0.1) is 4.32 Å². The maximum Gasteiger partial charge on any atom is 0.303 e. The Labute approximate surface area is 110 Å². The lowest BCUT2D eigenvalue weighted by molar-refractivity contribution is -0.149. The van der Waals surface area contributed by atoms with Crippen molar-refractivity contribution in [3.05, 3.63) is 35.4 Å². The SMILES string of the molecule is CC(=O)OC(c1ccc(C)cc1)C1(Br)CCC1. The third kappa shape index (κ3) is 2.71. The largest absolute Gasteiger partial charge is 0.456 e. The van der Waals surface area contributed by atoms with E-state index in [0.717, 1.165) is 18.4 Å². The van der Waals surface area contributed by atoms with Crippen molar-refractivity contribution in [3.63, 3.8) is 0 Å². The van der Waals surface area contributed by atoms with Gasteiger partial charge in [-0.15, -0.1) is 0 Å². The summed E-state index contributed by atoms with van der Waals surface area (Å²) in [5.41, 5.74) is 2.29. The highest BCUT2D eigenvalue weighted by molar-refractivity contribution is 9.10. The molecule has 1 aliphatic rings. The Kier molecular flexibility index (Phi) is 3.57. The first-order valence-corrected chi connectivity index (χ1v) is 6.73. The lowest BCUT2D eigenvalue weighted by Gasteiger charge is -2.42. The zero-order chi connectivity index (χ0) is 12.5. The monoisotopic (exact) mass is 296 g/mol. The molecule has 1 aromatic carbocycles. The molecule has 0 amide bonds. The molecule has 0 aliphatic heterocycles. The predicted molar refractivity (Wildman–Crippen MR) is 71.2 cm³/mol. The second-order valence-corrected chi connectivity index (χ2v) is 6.37. The summed E-state index contributed by atoms with van der Waals surface area (Å²) in [6, 6.07) is 8.20. The number of hydrogen-bond donors (Lipinski definition) is 0. The molecular weight excluding hydrogens is 280 g/mol. The van der Waals surface area contributed by atoms with Gasteiger partial charge in [0.15, 0.2) is 0 Å². The quantitative estimate of drug-likeness (QED) is 0.624. The van der Waals surface area contributed by atoms with Crippen LogP contribution in [0, 0.1) is 6.92 Å². The molecule has 0 bridgehead atoms. The van der Waals surface area contributed by atoms with Crippen molar-refractivity contribution < 1.29 is 9.53 Å². The predicted octanol–water partition coefficient (Wildman–Crippen LogP) is 3.92. The number of benzene rings is 1. The van der Waals surface area contributed by atoms with Crippen LogP contribution >= 0.6 is 15.9 Å². The van der Waals surface area contributed by atoms with Gasteiger partial charge in [0.25, 0.3) is 0 Å². The molecule has 92 valence electrons. The number of aryl methyl sites for hydroxylation is 1. The lowest BCUT2D eigenvalue weighted by atomic mass is 9.78. The zero-order valence-corrected chi connectivity index (χ0v) is 11.8. The maximum absolute atomic E-state index is 11.2. The van der Waals surface area contributed by atoms with E-state index in [1.165, 1.54) is 18.9 Å². The van der Waals surface area contributed by atoms with Crippen LogP contribution in [-0.4, -0.2) is 10.3 Å². The van der Waals surface area contributed by atoms with Crippen molar-refractivity contribution in [1.82, 2.24) is 0 Å². The first-order chi connectivity index (χ1) is 8.01. The normalized spacial score (nSPS) is 19.2. The smallest absolute Gasteiger partial charge is 0.303 e. The van der Waals surface area contributed by atoms with E-state index < -0.39 is 0 Å². The third-order valence-electron chi connectivity index (χ3n) is 3.32. The van der Waals surface area contributed by atoms with E-state index in [-0.39, 0.29) is 16.4 Å². The Morgan fingerprint density at radius 1 is 1.35 bits per heavy atom. The van der Waals surface area contributed by atoms with E-state index in [1.807, 2.05) is 12.1 Å². The minimum absolute atomic E-state index is 0.0616. The van der Waals surface area contributed by atoms with Crippen molar-refractivity contribution in [2.75, 3.05) is 0 Å². The Hall–Kier alpha value is -0.830. The second kappa shape index (κ2) is 4.81. The molecule has 0 N–H and O–H groups in total. The molecular formula is C14H17BrO2. The van der Waals surface area contributed by atoms with E-state index in [4.69, 9.17) is 4.74 Å². The summed E-state index contributed by atoms with van der Waals surface area (Å²) in [4.78, 5) is 11.2. The summed E-state index contributed by atoms with van der Waals surface area (Å²) in [5.74, 6) is -0.221. The maximum atomic E-state index is 11.2. The molecule has 1 aromatic rings. The van der Waals surface area contributed by atoms with Crippen LogP contribution in [0.1, 0.15) is 43.4 Å². The number of alkyl halides is 1. The van der Waals surface area contributed by atoms with E-state index >= 15 is 0 Å². The van der Waals surface area contributed by atoms with Gasteiger partial charge in [0, 0.05) is 6.92 Å². The van der Waals surface area contributed by atoms with E-state index in [0.29, 0.717) is 0 Å². The molecule has 2 rings (SSSR count). The first-order valence-electron chi connectivity index (χ1n) is 5.94. The number of ether oxygens (including phenoxy) is 1. The summed E-state index contributed by atoms with van der Waals surface area (Å²) in [6.45, 7) is 3.52. The van der Waals surface area contributed by atoms with Gasteiger partial charge in [0.2, 0.25) is 0 Å². The third-order valence-corrected chi connectivity index (χ3v) is 4.53. The molecule has 0 aromatic heterocycles. The number of carbonyl (C=O) groups is 1. The van der Waals surface area contributed by atoms with Gasteiger partial charge in [-0.2, -0.15) is 0 Å². The molecule has 2 nitrogen and oxygen atoms in total. The first kappa shape index (κ1) is 12.6. The minimum Gasteiger partial charge on any atom is -0.456 e. The van der Waals surface area contributed by atoms with Crippen LogP contribution in [0.2, 0.25) is 0 Å². The van der Waals surface area contributed by atoms with Crippen molar-refractivity contribution in [3.8, 4) is 0 Å². The highest BCUT2D eigenvalue weighted by Gasteiger charge is 2.44. The van der Waals surface area contributed by atoms with Crippen LogP contribution in [0.3, 0.4) is 0 Å². The fourth-order valence-corrected chi connectivity index (χ4v) is 3.07. The molecule has 1 saturated carbocycles. The highest BCUT2D eigenvalue weighted by Crippen LogP contribution is 2.50. The molecule has 0 saturated heterocycles. The van der Waals surface area contributed by atoms with E-state index in [9.17, 15) is 4.79 Å². The molecule has 1 atom stereocenters. The molecule has 1 fully saturated rings. The van der Waals surface area contributed by atoms with Gasteiger partial charge < -0.3 is 4.74 Å². The molecule has 0 radical (unpaired) electrons. The minimum atomic E-state index is -0.221. The van der Waals surface area contributed by atoms with Crippen molar-refractivity contribution >= 4 is 21.9 Å². The summed E-state index contributed by atoms with van der Waals surface area (Å²) in [6.07, 6.45) is 3.13. The van der Waals surface area contributed by atoms with Crippen LogP contribution in [0.5, 0.6) is 0 Å². The second-order valence-electron chi connectivity index (χ2n) is 4.79. The van der Waals surface area contributed by atoms with Gasteiger partial charge in [0.1, 0.15) is 6.10 Å². The van der Waals surface area contributed by atoms with Crippen LogP contribution in [0.15, 0.2) is 24.3 Å². The summed E-state index contributed by atoms with van der Waals surface area (Å²) in [5, 5.41) is 0. The van der Waals surface area contributed by atoms with Crippen molar-refractivity contribution in [2.24, 2.45) is 0 Å². The molecule has 0 spiro atoms. The fraction of sp³-hybridized carbons (Fsp3) is 0.500. The standard InChI is InChI=1S/C14H17BrO2/c1-10-4-6-12(7-5-10)13(17-11(2)16)14(15)8-3-9-14/h4-7,13H,3,8-9H2,1-2H3. The number of esters is 1. The Morgan fingerprint density at radius 2 is 1.94 bits per heavy atom. The van der Waals surface area contributed by atoms with Crippen molar-refractivity contribution in [2.45, 2.75) is 43.5 Å². The molecule has 17 heavy (non-hydrogen) atoms. The number of hydrogen-bond acceptors (Lipinski definition) is 2. The van der Waals surface area contributed by atoms with Crippen molar-refractivity contribution in [1.29, 1.82) is 0 Å². The Balaban J connectivity index is 2.26. The summed E-state index contributed by atoms with van der Waals surface area (Å²) in [7, 11) is 0. The van der Waals surface area contributed by atoms with Crippen LogP contribution in [0.25, 0.3) is 0 Å². The van der Waals surface area contributed by atoms with Gasteiger partial charge in [-0.05, 0) is 25.3 Å². The number of carbonyl (C=O) groups excluding carboxylic acids is 1. The fourth-order valence-electron chi connectivity index (χ4n) is 2.16. The Morgan fingerprint density at radius 3 is 2.35 bits per heavy atom. The van der Waals surface area contributed by atoms with Gasteiger partial charge in [-0.1, -0.05) is 52.2 Å². The number of rotatable bonds is 3. The molecule has 0 heterocycles. The zero-order valence-electron chi connectivity index (χ0n) is 10.2. The van der Waals surface area contributed by atoms with Gasteiger partial charge in [-0.25, -0.2) is 0 Å². The van der Waals surface area contributed by atoms with Crippen LogP contribution in [-0.2, 0) is 9.53 Å². The van der Waals surface area contributed by atoms with Gasteiger partial charge >= 0.3 is 5.97 Å². The van der Waals surface area contributed by atoms with E-state index in [2.05, 4.69) is 35.0 Å². The molecule has 3 heteroatoms. The molecule has 1 aliphatic carbocycles. The van der Waals surface area contributed by atoms with Crippen LogP contribution < -0.4 is 0 Å². The van der Waals surface area contributed by atoms with Crippen LogP contribution in [0.4, 0.5) is 0 Å². The van der Waals surface area contributed by atoms with Gasteiger partial charge in [-0.3, -0.25) is 4.79 Å².